The molecule has 2 aliphatic heterocycles. The summed E-state index contributed by atoms with van der Waals surface area (Å²) in [5.41, 5.74) is 3.87. The average Bonchev–Trinajstić information content (AvgIpc) is 3.58. The normalized spacial score (nSPS) is 16.8. The van der Waals surface area contributed by atoms with E-state index in [-0.39, 0.29) is 46.4 Å². The number of amides is 3. The predicted molar refractivity (Wildman–Crippen MR) is 171 cm³/mol. The standard InChI is InChI=1S/C34H27ClFN5O6/c1-37-31(42)26-13-10-19(17-38-26)21-4-2-5-23-22(21)14-15-41(30(23)32(43)39-20-11-8-18(9-12-20)34(45)46)33(44)28-16-27(40-47-28)24-6-3-7-25(35)29(24)36/h2-13,17,28,30H,14-16H2,1H3,(H,37,42)(H,39,43)(H,45,46)/t28?,30-/m0/s1. The molecule has 4 aromatic rings. The van der Waals surface area contributed by atoms with Crippen LogP contribution in [0.15, 0.2) is 84.1 Å². The molecular formula is C34H27ClFN5O6. The van der Waals surface area contributed by atoms with Gasteiger partial charge in [0.05, 0.1) is 16.3 Å². The van der Waals surface area contributed by atoms with Crippen molar-refractivity contribution >= 4 is 46.7 Å². The van der Waals surface area contributed by atoms with E-state index in [0.29, 0.717) is 17.7 Å². The van der Waals surface area contributed by atoms with Gasteiger partial charge in [-0.05, 0) is 65.6 Å². The first-order chi connectivity index (χ1) is 22.7. The number of pyridine rings is 1. The fraction of sp³-hybridized carbons (Fsp3) is 0.176. The number of anilines is 1. The van der Waals surface area contributed by atoms with Gasteiger partial charge in [0.1, 0.15) is 11.7 Å². The summed E-state index contributed by atoms with van der Waals surface area (Å²) in [7, 11) is 1.52. The second-order valence-corrected chi connectivity index (χ2v) is 11.3. The molecule has 47 heavy (non-hydrogen) atoms. The molecule has 1 aromatic heterocycles. The highest BCUT2D eigenvalue weighted by atomic mass is 35.5. The number of hydrogen-bond acceptors (Lipinski definition) is 7. The van der Waals surface area contributed by atoms with Crippen molar-refractivity contribution < 1.29 is 33.5 Å². The molecule has 2 aliphatic rings. The molecule has 0 bridgehead atoms. The Morgan fingerprint density at radius 3 is 2.45 bits per heavy atom. The van der Waals surface area contributed by atoms with Crippen LogP contribution in [0.4, 0.5) is 10.1 Å². The number of carbonyl (C=O) groups excluding carboxylic acids is 3. The van der Waals surface area contributed by atoms with E-state index >= 15 is 0 Å². The molecule has 0 spiro atoms. The molecule has 0 saturated heterocycles. The molecule has 3 amide bonds. The summed E-state index contributed by atoms with van der Waals surface area (Å²) in [6, 6.07) is 17.8. The van der Waals surface area contributed by atoms with Crippen LogP contribution >= 0.6 is 11.6 Å². The van der Waals surface area contributed by atoms with Gasteiger partial charge in [0.25, 0.3) is 17.7 Å². The van der Waals surface area contributed by atoms with Gasteiger partial charge in [-0.2, -0.15) is 0 Å². The molecule has 1 unspecified atom stereocenters. The number of halogens is 2. The van der Waals surface area contributed by atoms with E-state index < -0.39 is 35.7 Å². The number of carboxylic acid groups (broad SMARTS) is 1. The van der Waals surface area contributed by atoms with Gasteiger partial charge in [-0.3, -0.25) is 19.4 Å². The zero-order valence-corrected chi connectivity index (χ0v) is 25.6. The van der Waals surface area contributed by atoms with Crippen molar-refractivity contribution in [2.24, 2.45) is 5.16 Å². The van der Waals surface area contributed by atoms with E-state index in [1.54, 1.807) is 36.5 Å². The van der Waals surface area contributed by atoms with E-state index in [9.17, 15) is 28.7 Å². The smallest absolute Gasteiger partial charge is 0.335 e. The maximum absolute atomic E-state index is 14.7. The van der Waals surface area contributed by atoms with Crippen molar-refractivity contribution in [2.75, 3.05) is 18.9 Å². The van der Waals surface area contributed by atoms with Gasteiger partial charge in [0.2, 0.25) is 6.10 Å². The Kier molecular flexibility index (Phi) is 8.68. The van der Waals surface area contributed by atoms with Gasteiger partial charge in [0.15, 0.2) is 5.82 Å². The zero-order valence-electron chi connectivity index (χ0n) is 24.9. The largest absolute Gasteiger partial charge is 0.478 e. The second-order valence-electron chi connectivity index (χ2n) is 10.9. The number of nitrogens with one attached hydrogen (secondary N) is 2. The Morgan fingerprint density at radius 2 is 1.74 bits per heavy atom. The van der Waals surface area contributed by atoms with Crippen LogP contribution in [-0.4, -0.2) is 64.1 Å². The number of fused-ring (bicyclic) bond motifs is 1. The Balaban J connectivity index is 1.33. The number of benzene rings is 3. The molecule has 3 heterocycles. The summed E-state index contributed by atoms with van der Waals surface area (Å²) in [6.07, 6.45) is 0.819. The summed E-state index contributed by atoms with van der Waals surface area (Å²) >= 11 is 5.95. The summed E-state index contributed by atoms with van der Waals surface area (Å²) in [4.78, 5) is 62.6. The summed E-state index contributed by atoms with van der Waals surface area (Å²) < 4.78 is 14.7. The lowest BCUT2D eigenvalue weighted by atomic mass is 9.86. The van der Waals surface area contributed by atoms with Crippen LogP contribution in [0.5, 0.6) is 0 Å². The molecule has 0 radical (unpaired) electrons. The number of aromatic carboxylic acids is 1. The van der Waals surface area contributed by atoms with Gasteiger partial charge in [-0.15, -0.1) is 0 Å². The maximum atomic E-state index is 14.7. The second kappa shape index (κ2) is 13.0. The van der Waals surface area contributed by atoms with Crippen molar-refractivity contribution in [3.8, 4) is 11.1 Å². The molecule has 3 N–H and O–H groups in total. The number of nitrogens with zero attached hydrogens (tertiary/aromatic N) is 3. The number of carboxylic acids is 1. The van der Waals surface area contributed by atoms with Gasteiger partial charge in [-0.25, -0.2) is 9.18 Å². The third-order valence-corrected chi connectivity index (χ3v) is 8.38. The van der Waals surface area contributed by atoms with Crippen LogP contribution in [0.1, 0.15) is 50.0 Å². The first-order valence-electron chi connectivity index (χ1n) is 14.6. The van der Waals surface area contributed by atoms with E-state index in [4.69, 9.17) is 16.4 Å². The molecule has 11 nitrogen and oxygen atoms in total. The number of rotatable bonds is 7. The van der Waals surface area contributed by atoms with Gasteiger partial charge >= 0.3 is 5.97 Å². The van der Waals surface area contributed by atoms with E-state index in [1.807, 2.05) is 6.07 Å². The minimum atomic E-state index is -1.11. The Labute approximate surface area is 273 Å². The number of aromatic nitrogens is 1. The van der Waals surface area contributed by atoms with Crippen molar-refractivity contribution in [1.29, 1.82) is 0 Å². The minimum absolute atomic E-state index is 0.0339. The van der Waals surface area contributed by atoms with Gasteiger partial charge in [-0.1, -0.05) is 47.1 Å². The summed E-state index contributed by atoms with van der Waals surface area (Å²) in [5, 5.41) is 18.5. The fourth-order valence-electron chi connectivity index (χ4n) is 5.76. The number of oxime groups is 1. The molecule has 2 atom stereocenters. The molecule has 13 heteroatoms. The van der Waals surface area contributed by atoms with Crippen LogP contribution < -0.4 is 10.6 Å². The Morgan fingerprint density at radius 1 is 1.00 bits per heavy atom. The Hall–Kier alpha value is -5.62. The average molecular weight is 656 g/mol. The first kappa shape index (κ1) is 31.4. The lowest BCUT2D eigenvalue weighted by Gasteiger charge is -2.38. The summed E-state index contributed by atoms with van der Waals surface area (Å²) in [6.45, 7) is 0.142. The number of hydrogen-bond donors (Lipinski definition) is 3. The maximum Gasteiger partial charge on any atom is 0.335 e. The Bertz CT molecular complexity index is 1930. The van der Waals surface area contributed by atoms with E-state index in [2.05, 4.69) is 20.8 Å². The van der Waals surface area contributed by atoms with E-state index in [1.165, 1.54) is 48.3 Å². The third kappa shape index (κ3) is 6.15. The van der Waals surface area contributed by atoms with Crippen LogP contribution in [-0.2, 0) is 20.8 Å². The minimum Gasteiger partial charge on any atom is -0.478 e. The molecule has 238 valence electrons. The van der Waals surface area contributed by atoms with Gasteiger partial charge in [0, 0.05) is 43.0 Å². The SMILES string of the molecule is CNC(=O)c1ccc(-c2cccc3c2CCN(C(=O)C2CC(c4cccc(Cl)c4F)=NO2)[C@@H]3C(=O)Nc2ccc(C(=O)O)cc2)cn1. The highest BCUT2D eigenvalue weighted by Crippen LogP contribution is 2.38. The van der Waals surface area contributed by atoms with E-state index in [0.717, 1.165) is 16.7 Å². The van der Waals surface area contributed by atoms with Crippen molar-refractivity contribution in [1.82, 2.24) is 15.2 Å². The zero-order chi connectivity index (χ0) is 33.2. The van der Waals surface area contributed by atoms with Crippen LogP contribution in [0.3, 0.4) is 0 Å². The topological polar surface area (TPSA) is 150 Å². The third-order valence-electron chi connectivity index (χ3n) is 8.09. The first-order valence-corrected chi connectivity index (χ1v) is 15.0. The molecule has 0 aliphatic carbocycles. The monoisotopic (exact) mass is 655 g/mol. The van der Waals surface area contributed by atoms with Crippen molar-refractivity contribution in [2.45, 2.75) is 25.0 Å². The van der Waals surface area contributed by atoms with Crippen molar-refractivity contribution in [3.05, 3.63) is 118 Å². The molecule has 6 rings (SSSR count). The quantitative estimate of drug-likeness (QED) is 0.257. The molecule has 0 fully saturated rings. The lowest BCUT2D eigenvalue weighted by Crippen LogP contribution is -2.49. The van der Waals surface area contributed by atoms with Crippen LogP contribution in [0.25, 0.3) is 11.1 Å². The number of carbonyl (C=O) groups is 4. The molecule has 3 aromatic carbocycles. The fourth-order valence-corrected chi connectivity index (χ4v) is 5.94. The lowest BCUT2D eigenvalue weighted by molar-refractivity contribution is -0.148. The van der Waals surface area contributed by atoms with Crippen LogP contribution in [0, 0.1) is 5.82 Å². The van der Waals surface area contributed by atoms with Crippen LogP contribution in [0.2, 0.25) is 5.02 Å². The summed E-state index contributed by atoms with van der Waals surface area (Å²) in [5.74, 6) is -3.16. The molecular weight excluding hydrogens is 629 g/mol. The van der Waals surface area contributed by atoms with Crippen molar-refractivity contribution in [3.63, 3.8) is 0 Å². The highest BCUT2D eigenvalue weighted by Gasteiger charge is 2.42. The van der Waals surface area contributed by atoms with Gasteiger partial charge < -0.3 is 25.5 Å². The predicted octanol–water partition coefficient (Wildman–Crippen LogP) is 4.86. The highest BCUT2D eigenvalue weighted by molar-refractivity contribution is 6.31. The molecule has 0 saturated carbocycles.